The smallest absolute Gasteiger partial charge is 0.241 e. The fourth-order valence-electron chi connectivity index (χ4n) is 2.32. The summed E-state index contributed by atoms with van der Waals surface area (Å²) in [6.07, 6.45) is 6.12. The molecule has 1 aliphatic carbocycles. The largest absolute Gasteiger partial charge is 0.352 e. The Morgan fingerprint density at radius 3 is 2.10 bits per heavy atom. The topological polar surface area (TPSA) is 75.3 Å². The molecule has 2 N–H and O–H groups in total. The van der Waals surface area contributed by atoms with Gasteiger partial charge in [-0.2, -0.15) is 0 Å². The molecule has 0 atom stereocenters. The molecule has 1 amide bonds. The van der Waals surface area contributed by atoms with E-state index in [4.69, 9.17) is 0 Å². The second-order valence-electron chi connectivity index (χ2n) is 6.26. The van der Waals surface area contributed by atoms with E-state index in [1.165, 1.54) is 13.8 Å². The first-order valence-electron chi connectivity index (χ1n) is 7.42. The van der Waals surface area contributed by atoms with Crippen molar-refractivity contribution < 1.29 is 13.2 Å². The molecule has 0 aliphatic heterocycles. The fourth-order valence-corrected chi connectivity index (χ4v) is 2.71. The van der Waals surface area contributed by atoms with Crippen LogP contribution in [0.15, 0.2) is 0 Å². The van der Waals surface area contributed by atoms with Crippen LogP contribution in [0.4, 0.5) is 0 Å². The number of hydrogen-bond acceptors (Lipinski definition) is 4. The number of carbonyl (C=O) groups excluding carboxylic acids is 1. The Bertz CT molecular complexity index is 424. The summed E-state index contributed by atoms with van der Waals surface area (Å²) < 4.78 is 21.9. The summed E-state index contributed by atoms with van der Waals surface area (Å²) in [4.78, 5) is 12.1. The van der Waals surface area contributed by atoms with Crippen molar-refractivity contribution in [2.45, 2.75) is 69.7 Å². The summed E-state index contributed by atoms with van der Waals surface area (Å²) in [6, 6.07) is 0.634. The zero-order chi connectivity index (χ0) is 15.4. The number of amides is 1. The Morgan fingerprint density at radius 2 is 1.65 bits per heavy atom. The van der Waals surface area contributed by atoms with E-state index in [2.05, 4.69) is 17.6 Å². The normalized spacial score (nSPS) is 24.4. The highest BCUT2D eigenvalue weighted by molar-refractivity contribution is 7.92. The van der Waals surface area contributed by atoms with Gasteiger partial charge in [-0.05, 0) is 52.5 Å². The molecule has 0 bridgehead atoms. The maximum atomic E-state index is 12.1. The van der Waals surface area contributed by atoms with E-state index < -0.39 is 14.6 Å². The molecule has 0 spiro atoms. The molecular formula is C14H28N2O3S. The van der Waals surface area contributed by atoms with Gasteiger partial charge in [-0.15, -0.1) is 0 Å². The average Bonchev–Trinajstić information content (AvgIpc) is 2.36. The van der Waals surface area contributed by atoms with E-state index in [1.54, 1.807) is 0 Å². The monoisotopic (exact) mass is 304 g/mol. The number of rotatable bonds is 6. The Labute approximate surface area is 122 Å². The summed E-state index contributed by atoms with van der Waals surface area (Å²) in [7, 11) is -3.40. The van der Waals surface area contributed by atoms with Crippen molar-refractivity contribution in [2.24, 2.45) is 0 Å². The van der Waals surface area contributed by atoms with Gasteiger partial charge in [0, 0.05) is 18.3 Å². The first-order chi connectivity index (χ1) is 9.18. The lowest BCUT2D eigenvalue weighted by atomic mass is 9.90. The zero-order valence-corrected chi connectivity index (χ0v) is 13.8. The molecule has 1 fully saturated rings. The van der Waals surface area contributed by atoms with Crippen LogP contribution in [0.25, 0.3) is 0 Å². The standard InChI is InChI=1S/C14H28N2O3S/c1-5-10-15-11-6-8-12(9-7-11)16-13(17)14(2,3)20(4,18)19/h11-12,15H,5-10H2,1-4H3,(H,16,17). The molecule has 0 aromatic rings. The van der Waals surface area contributed by atoms with Crippen molar-refractivity contribution >= 4 is 15.7 Å². The molecule has 0 radical (unpaired) electrons. The quantitative estimate of drug-likeness (QED) is 0.774. The molecule has 118 valence electrons. The highest BCUT2D eigenvalue weighted by atomic mass is 32.2. The number of hydrogen-bond donors (Lipinski definition) is 2. The van der Waals surface area contributed by atoms with Crippen molar-refractivity contribution in [1.29, 1.82) is 0 Å². The summed E-state index contributed by atoms with van der Waals surface area (Å²) in [5.74, 6) is -0.384. The molecule has 1 aliphatic rings. The Balaban J connectivity index is 2.46. The van der Waals surface area contributed by atoms with Gasteiger partial charge in [0.15, 0.2) is 9.84 Å². The Morgan fingerprint density at radius 1 is 1.15 bits per heavy atom. The van der Waals surface area contributed by atoms with Gasteiger partial charge in [-0.3, -0.25) is 4.79 Å². The van der Waals surface area contributed by atoms with E-state index in [9.17, 15) is 13.2 Å². The maximum Gasteiger partial charge on any atom is 0.241 e. The minimum Gasteiger partial charge on any atom is -0.352 e. The Hall–Kier alpha value is -0.620. The predicted molar refractivity (Wildman–Crippen MR) is 81.4 cm³/mol. The van der Waals surface area contributed by atoms with Gasteiger partial charge in [-0.25, -0.2) is 8.42 Å². The molecule has 0 unspecified atom stereocenters. The average molecular weight is 304 g/mol. The Kier molecular flexibility index (Phi) is 6.01. The van der Waals surface area contributed by atoms with Crippen molar-refractivity contribution in [2.75, 3.05) is 12.8 Å². The third kappa shape index (κ3) is 4.45. The van der Waals surface area contributed by atoms with Gasteiger partial charge in [0.05, 0.1) is 0 Å². The van der Waals surface area contributed by atoms with Crippen LogP contribution < -0.4 is 10.6 Å². The third-order valence-corrected chi connectivity index (χ3v) is 6.26. The van der Waals surface area contributed by atoms with Crippen molar-refractivity contribution in [3.8, 4) is 0 Å². The first kappa shape index (κ1) is 17.4. The van der Waals surface area contributed by atoms with Crippen LogP contribution in [0.5, 0.6) is 0 Å². The van der Waals surface area contributed by atoms with E-state index in [0.717, 1.165) is 44.9 Å². The van der Waals surface area contributed by atoms with Gasteiger partial charge >= 0.3 is 0 Å². The minimum atomic E-state index is -3.40. The van der Waals surface area contributed by atoms with E-state index in [-0.39, 0.29) is 11.9 Å². The second-order valence-corrected chi connectivity index (χ2v) is 8.82. The van der Waals surface area contributed by atoms with Gasteiger partial charge in [0.25, 0.3) is 0 Å². The lowest BCUT2D eigenvalue weighted by Crippen LogP contribution is -2.52. The third-order valence-electron chi connectivity index (χ3n) is 4.22. The molecule has 1 rings (SSSR count). The summed E-state index contributed by atoms with van der Waals surface area (Å²) in [5.41, 5.74) is 0. The lowest BCUT2D eigenvalue weighted by Gasteiger charge is -2.32. The highest BCUT2D eigenvalue weighted by Gasteiger charge is 2.39. The van der Waals surface area contributed by atoms with Crippen LogP contribution >= 0.6 is 0 Å². The van der Waals surface area contributed by atoms with Crippen molar-refractivity contribution in [1.82, 2.24) is 10.6 Å². The fraction of sp³-hybridized carbons (Fsp3) is 0.929. The first-order valence-corrected chi connectivity index (χ1v) is 9.31. The zero-order valence-electron chi connectivity index (χ0n) is 13.0. The van der Waals surface area contributed by atoms with E-state index >= 15 is 0 Å². The molecule has 6 heteroatoms. The molecule has 5 nitrogen and oxygen atoms in total. The van der Waals surface area contributed by atoms with Crippen molar-refractivity contribution in [3.63, 3.8) is 0 Å². The van der Waals surface area contributed by atoms with Gasteiger partial charge in [0.2, 0.25) is 5.91 Å². The number of nitrogens with one attached hydrogen (secondary N) is 2. The summed E-state index contributed by atoms with van der Waals surface area (Å²) >= 11 is 0. The molecule has 1 saturated carbocycles. The number of sulfone groups is 1. The van der Waals surface area contributed by atoms with Gasteiger partial charge < -0.3 is 10.6 Å². The van der Waals surface area contributed by atoms with E-state index in [1.807, 2.05) is 0 Å². The van der Waals surface area contributed by atoms with E-state index in [0.29, 0.717) is 6.04 Å². The van der Waals surface area contributed by atoms with Crippen LogP contribution in [0.3, 0.4) is 0 Å². The van der Waals surface area contributed by atoms with Crippen LogP contribution in [-0.2, 0) is 14.6 Å². The van der Waals surface area contributed by atoms with Crippen LogP contribution in [0.1, 0.15) is 52.9 Å². The predicted octanol–water partition coefficient (Wildman–Crippen LogP) is 1.24. The molecular weight excluding hydrogens is 276 g/mol. The lowest BCUT2D eigenvalue weighted by molar-refractivity contribution is -0.123. The molecule has 0 aromatic heterocycles. The molecule has 20 heavy (non-hydrogen) atoms. The maximum absolute atomic E-state index is 12.1. The van der Waals surface area contributed by atoms with Crippen LogP contribution in [-0.4, -0.2) is 44.0 Å². The molecule has 0 aromatic carbocycles. The SMILES string of the molecule is CCCNC1CCC(NC(=O)C(C)(C)S(C)(=O)=O)CC1. The van der Waals surface area contributed by atoms with Gasteiger partial charge in [0.1, 0.15) is 4.75 Å². The molecule has 0 heterocycles. The summed E-state index contributed by atoms with van der Waals surface area (Å²) in [5, 5.41) is 6.39. The van der Waals surface area contributed by atoms with Crippen LogP contribution in [0, 0.1) is 0 Å². The van der Waals surface area contributed by atoms with Gasteiger partial charge in [-0.1, -0.05) is 6.92 Å². The minimum absolute atomic E-state index is 0.100. The van der Waals surface area contributed by atoms with Crippen molar-refractivity contribution in [3.05, 3.63) is 0 Å². The van der Waals surface area contributed by atoms with Crippen LogP contribution in [0.2, 0.25) is 0 Å². The highest BCUT2D eigenvalue weighted by Crippen LogP contribution is 2.21. The molecule has 0 saturated heterocycles. The number of carbonyl (C=O) groups is 1. The summed E-state index contributed by atoms with van der Waals surface area (Å²) in [6.45, 7) is 6.10. The second kappa shape index (κ2) is 6.89.